The molecule has 102 valence electrons. The predicted molar refractivity (Wildman–Crippen MR) is 68.5 cm³/mol. The quantitative estimate of drug-likeness (QED) is 0.616. The fraction of sp³-hybridized carbons (Fsp3) is 0.909. The van der Waals surface area contributed by atoms with Crippen molar-refractivity contribution in [3.8, 4) is 0 Å². The number of rotatable bonds is 8. The minimum absolute atomic E-state index is 0. The third-order valence-electron chi connectivity index (χ3n) is 2.63. The van der Waals surface area contributed by atoms with E-state index >= 15 is 0 Å². The third kappa shape index (κ3) is 7.54. The lowest BCUT2D eigenvalue weighted by atomic mass is 10.1. The fourth-order valence-corrected chi connectivity index (χ4v) is 1.65. The fourth-order valence-electron chi connectivity index (χ4n) is 1.65. The highest BCUT2D eigenvalue weighted by atomic mass is 35.5. The molecule has 0 aromatic heterocycles. The molecule has 6 heteroatoms. The lowest BCUT2D eigenvalue weighted by Crippen LogP contribution is -2.33. The van der Waals surface area contributed by atoms with E-state index in [1.54, 1.807) is 7.11 Å². The molecular weight excluding hydrogens is 244 g/mol. The van der Waals surface area contributed by atoms with Gasteiger partial charge >= 0.3 is 0 Å². The van der Waals surface area contributed by atoms with Crippen LogP contribution in [0.1, 0.15) is 12.8 Å². The molecule has 1 heterocycles. The Labute approximate surface area is 109 Å². The number of carbonyl (C=O) groups excluding carboxylic acids is 1. The molecule has 0 radical (unpaired) electrons. The first kappa shape index (κ1) is 16.6. The molecular formula is C11H23ClN2O3. The van der Waals surface area contributed by atoms with Crippen LogP contribution in [-0.4, -0.2) is 52.5 Å². The van der Waals surface area contributed by atoms with Crippen molar-refractivity contribution >= 4 is 18.3 Å². The van der Waals surface area contributed by atoms with Gasteiger partial charge in [-0.1, -0.05) is 0 Å². The van der Waals surface area contributed by atoms with Crippen LogP contribution in [0.15, 0.2) is 0 Å². The van der Waals surface area contributed by atoms with Crippen molar-refractivity contribution in [3.05, 3.63) is 0 Å². The van der Waals surface area contributed by atoms with E-state index in [0.29, 0.717) is 26.4 Å². The van der Waals surface area contributed by atoms with Crippen molar-refractivity contribution in [3.63, 3.8) is 0 Å². The normalized spacial score (nSPS) is 18.8. The van der Waals surface area contributed by atoms with E-state index in [1.807, 2.05) is 0 Å². The van der Waals surface area contributed by atoms with Crippen molar-refractivity contribution in [2.24, 2.45) is 5.92 Å². The zero-order chi connectivity index (χ0) is 11.6. The maximum atomic E-state index is 11.6. The Morgan fingerprint density at radius 2 is 2.24 bits per heavy atom. The average Bonchev–Trinajstić information content (AvgIpc) is 2.81. The number of amides is 1. The molecule has 1 saturated heterocycles. The molecule has 17 heavy (non-hydrogen) atoms. The Morgan fingerprint density at radius 1 is 1.41 bits per heavy atom. The Balaban J connectivity index is 0.00000256. The van der Waals surface area contributed by atoms with Crippen LogP contribution in [0.5, 0.6) is 0 Å². The van der Waals surface area contributed by atoms with Crippen LogP contribution in [0, 0.1) is 5.92 Å². The van der Waals surface area contributed by atoms with Crippen LogP contribution in [0.4, 0.5) is 0 Å². The maximum absolute atomic E-state index is 11.6. The molecule has 0 saturated carbocycles. The van der Waals surface area contributed by atoms with Gasteiger partial charge in [-0.2, -0.15) is 0 Å². The topological polar surface area (TPSA) is 59.6 Å². The van der Waals surface area contributed by atoms with E-state index in [-0.39, 0.29) is 24.2 Å². The first-order chi connectivity index (χ1) is 7.84. The summed E-state index contributed by atoms with van der Waals surface area (Å²) in [6, 6.07) is 0. The molecule has 0 aliphatic carbocycles. The molecule has 0 spiro atoms. The van der Waals surface area contributed by atoms with Gasteiger partial charge in [-0.05, 0) is 19.4 Å². The molecule has 2 N–H and O–H groups in total. The van der Waals surface area contributed by atoms with Crippen molar-refractivity contribution < 1.29 is 14.3 Å². The van der Waals surface area contributed by atoms with E-state index in [0.717, 1.165) is 25.9 Å². The van der Waals surface area contributed by atoms with E-state index in [9.17, 15) is 4.79 Å². The summed E-state index contributed by atoms with van der Waals surface area (Å²) >= 11 is 0. The number of carbonyl (C=O) groups is 1. The van der Waals surface area contributed by atoms with E-state index in [2.05, 4.69) is 10.6 Å². The van der Waals surface area contributed by atoms with Crippen molar-refractivity contribution in [1.29, 1.82) is 0 Å². The van der Waals surface area contributed by atoms with Gasteiger partial charge in [0.05, 0.1) is 19.1 Å². The van der Waals surface area contributed by atoms with E-state index in [4.69, 9.17) is 9.47 Å². The summed E-state index contributed by atoms with van der Waals surface area (Å²) in [5.74, 6) is 0.330. The van der Waals surface area contributed by atoms with Crippen LogP contribution < -0.4 is 10.6 Å². The molecule has 1 unspecified atom stereocenters. The van der Waals surface area contributed by atoms with Crippen LogP contribution in [0.2, 0.25) is 0 Å². The lowest BCUT2D eigenvalue weighted by Gasteiger charge is -2.09. The third-order valence-corrected chi connectivity index (χ3v) is 2.63. The summed E-state index contributed by atoms with van der Waals surface area (Å²) in [7, 11) is 1.65. The Hall–Kier alpha value is -0.360. The summed E-state index contributed by atoms with van der Waals surface area (Å²) in [4.78, 5) is 11.6. The summed E-state index contributed by atoms with van der Waals surface area (Å²) < 4.78 is 10.1. The van der Waals surface area contributed by atoms with Gasteiger partial charge in [0.1, 0.15) is 0 Å². The average molecular weight is 267 g/mol. The first-order valence-electron chi connectivity index (χ1n) is 5.89. The molecule has 1 atom stereocenters. The summed E-state index contributed by atoms with van der Waals surface area (Å²) in [5.41, 5.74) is 0. The van der Waals surface area contributed by atoms with Crippen molar-refractivity contribution in [2.75, 3.05) is 46.6 Å². The largest absolute Gasteiger partial charge is 0.382 e. The molecule has 0 bridgehead atoms. The second kappa shape index (κ2) is 10.8. The van der Waals surface area contributed by atoms with E-state index < -0.39 is 0 Å². The molecule has 0 aromatic rings. The molecule has 1 aliphatic heterocycles. The number of ether oxygens (including phenoxy) is 2. The van der Waals surface area contributed by atoms with Crippen LogP contribution in [0.3, 0.4) is 0 Å². The highest BCUT2D eigenvalue weighted by Gasteiger charge is 2.21. The molecule has 0 aromatic carbocycles. The second-order valence-electron chi connectivity index (χ2n) is 3.94. The Kier molecular flexibility index (Phi) is 10.5. The Bertz CT molecular complexity index is 199. The predicted octanol–water partition coefficient (Wildman–Crippen LogP) is 0.187. The van der Waals surface area contributed by atoms with Gasteiger partial charge in [-0.3, -0.25) is 4.79 Å². The molecule has 1 amide bonds. The molecule has 1 fully saturated rings. The van der Waals surface area contributed by atoms with E-state index in [1.165, 1.54) is 0 Å². The van der Waals surface area contributed by atoms with Crippen LogP contribution in [0.25, 0.3) is 0 Å². The second-order valence-corrected chi connectivity index (χ2v) is 3.94. The molecule has 5 nitrogen and oxygen atoms in total. The van der Waals surface area contributed by atoms with Crippen molar-refractivity contribution in [2.45, 2.75) is 12.8 Å². The van der Waals surface area contributed by atoms with Gasteiger partial charge in [-0.25, -0.2) is 0 Å². The van der Waals surface area contributed by atoms with Crippen LogP contribution in [-0.2, 0) is 14.3 Å². The van der Waals surface area contributed by atoms with Gasteiger partial charge in [0.25, 0.3) is 0 Å². The monoisotopic (exact) mass is 266 g/mol. The summed E-state index contributed by atoms with van der Waals surface area (Å²) in [5, 5.41) is 6.10. The number of hydrogen-bond acceptors (Lipinski definition) is 4. The van der Waals surface area contributed by atoms with Gasteiger partial charge in [0.2, 0.25) is 5.91 Å². The van der Waals surface area contributed by atoms with Gasteiger partial charge in [0.15, 0.2) is 0 Å². The minimum atomic E-state index is 0. The number of hydrogen-bond donors (Lipinski definition) is 2. The number of halogens is 1. The SMILES string of the molecule is COCCOCCCNC(=O)C1CCNC1.Cl. The Morgan fingerprint density at radius 3 is 2.88 bits per heavy atom. The standard InChI is InChI=1S/C11H22N2O3.ClH/c1-15-7-8-16-6-2-4-13-11(14)10-3-5-12-9-10;/h10,12H,2-9H2,1H3,(H,13,14);1H. The molecule has 1 aliphatic rings. The number of nitrogens with one attached hydrogen (secondary N) is 2. The number of methoxy groups -OCH3 is 1. The highest BCUT2D eigenvalue weighted by Crippen LogP contribution is 2.06. The zero-order valence-corrected chi connectivity index (χ0v) is 11.2. The summed E-state index contributed by atoms with van der Waals surface area (Å²) in [6.07, 6.45) is 1.81. The van der Waals surface area contributed by atoms with Crippen LogP contribution >= 0.6 is 12.4 Å². The maximum Gasteiger partial charge on any atom is 0.224 e. The van der Waals surface area contributed by atoms with Gasteiger partial charge < -0.3 is 20.1 Å². The lowest BCUT2D eigenvalue weighted by molar-refractivity contribution is -0.124. The first-order valence-corrected chi connectivity index (χ1v) is 5.89. The minimum Gasteiger partial charge on any atom is -0.382 e. The van der Waals surface area contributed by atoms with Gasteiger partial charge in [0, 0.05) is 26.8 Å². The smallest absolute Gasteiger partial charge is 0.224 e. The molecule has 1 rings (SSSR count). The van der Waals surface area contributed by atoms with Gasteiger partial charge in [-0.15, -0.1) is 12.4 Å². The zero-order valence-electron chi connectivity index (χ0n) is 10.4. The summed E-state index contributed by atoms with van der Waals surface area (Å²) in [6.45, 7) is 4.39. The highest BCUT2D eigenvalue weighted by molar-refractivity contribution is 5.85. The van der Waals surface area contributed by atoms with Crippen molar-refractivity contribution in [1.82, 2.24) is 10.6 Å².